The molecule has 1 heterocycles. The van der Waals surface area contributed by atoms with Crippen LogP contribution in [0.5, 0.6) is 0 Å². The number of aromatic nitrogens is 1. The predicted molar refractivity (Wildman–Crippen MR) is 117 cm³/mol. The lowest BCUT2D eigenvalue weighted by molar-refractivity contribution is -0.145. The molecule has 4 aliphatic carbocycles. The first kappa shape index (κ1) is 22.0. The lowest BCUT2D eigenvalue weighted by Gasteiger charge is -2.58. The molecule has 0 aliphatic heterocycles. The van der Waals surface area contributed by atoms with Crippen LogP contribution in [0.4, 0.5) is 13.2 Å². The fourth-order valence-corrected chi connectivity index (χ4v) is 6.78. The zero-order valence-corrected chi connectivity index (χ0v) is 18.5. The number of halogens is 3. The topological polar surface area (TPSA) is 77.1 Å². The average molecular weight is 460 g/mol. The Morgan fingerprint density at radius 1 is 1.09 bits per heavy atom. The molecule has 4 bridgehead atoms. The quantitative estimate of drug-likeness (QED) is 0.681. The molecule has 0 saturated heterocycles. The average Bonchev–Trinajstić information content (AvgIpc) is 3.17. The van der Waals surface area contributed by atoms with E-state index in [0.717, 1.165) is 32.1 Å². The van der Waals surface area contributed by atoms with Crippen molar-refractivity contribution in [3.8, 4) is 11.3 Å². The van der Waals surface area contributed by atoms with Crippen molar-refractivity contribution in [2.45, 2.75) is 44.1 Å². The third kappa shape index (κ3) is 3.54. The van der Waals surface area contributed by atoms with E-state index in [1.54, 1.807) is 23.7 Å². The summed E-state index contributed by atoms with van der Waals surface area (Å²) in [6, 6.07) is 8.97. The Bertz CT molecular complexity index is 1080. The monoisotopic (exact) mass is 459 g/mol. The van der Waals surface area contributed by atoms with Crippen LogP contribution in [0.1, 0.15) is 48.2 Å². The highest BCUT2D eigenvalue weighted by atomic mass is 19.3. The van der Waals surface area contributed by atoms with E-state index in [2.05, 4.69) is 5.32 Å². The van der Waals surface area contributed by atoms with Gasteiger partial charge in [-0.25, -0.2) is 4.39 Å². The van der Waals surface area contributed by atoms with Crippen LogP contribution in [0.3, 0.4) is 0 Å². The highest BCUT2D eigenvalue weighted by molar-refractivity contribution is 5.94. The number of rotatable bonds is 6. The van der Waals surface area contributed by atoms with E-state index < -0.39 is 18.0 Å². The Kier molecular flexibility index (Phi) is 5.10. The summed E-state index contributed by atoms with van der Waals surface area (Å²) in [6.07, 6.45) is 4.41. The number of nitrogens with two attached hydrogens (primary N) is 1. The van der Waals surface area contributed by atoms with Gasteiger partial charge in [-0.05, 0) is 67.6 Å². The Hall–Kier alpha value is -2.77. The zero-order chi connectivity index (χ0) is 23.5. The first-order valence-corrected chi connectivity index (χ1v) is 11.4. The summed E-state index contributed by atoms with van der Waals surface area (Å²) < 4.78 is 41.4. The molecule has 6 rings (SSSR count). The highest BCUT2D eigenvalue weighted by Gasteiger charge is 2.58. The van der Waals surface area contributed by atoms with Crippen molar-refractivity contribution < 1.29 is 22.8 Å². The van der Waals surface area contributed by atoms with E-state index in [1.165, 1.54) is 24.3 Å². The summed E-state index contributed by atoms with van der Waals surface area (Å²) in [5.74, 6) is -2.86. The Morgan fingerprint density at radius 2 is 1.73 bits per heavy atom. The number of hydrogen-bond acceptors (Lipinski definition) is 2. The number of alkyl halides is 3. The molecule has 176 valence electrons. The molecule has 4 aliphatic rings. The normalized spacial score (nSPS) is 30.4. The Morgan fingerprint density at radius 3 is 2.30 bits per heavy atom. The molecular formula is C25H28F3N3O2. The van der Waals surface area contributed by atoms with Crippen molar-refractivity contribution in [2.75, 3.05) is 6.67 Å². The van der Waals surface area contributed by atoms with Gasteiger partial charge in [0.15, 0.2) is 6.67 Å². The molecule has 1 aromatic heterocycles. The number of primary amides is 1. The molecule has 5 nitrogen and oxygen atoms in total. The van der Waals surface area contributed by atoms with Crippen molar-refractivity contribution in [1.29, 1.82) is 0 Å². The Balaban J connectivity index is 1.33. The number of benzene rings is 1. The van der Waals surface area contributed by atoms with Crippen LogP contribution in [0.15, 0.2) is 36.4 Å². The molecule has 0 radical (unpaired) electrons. The molecule has 2 unspecified atom stereocenters. The van der Waals surface area contributed by atoms with Crippen LogP contribution in [-0.2, 0) is 17.8 Å². The summed E-state index contributed by atoms with van der Waals surface area (Å²) in [5, 5.41) is 3.22. The lowest BCUT2D eigenvalue weighted by Crippen LogP contribution is -2.62. The van der Waals surface area contributed by atoms with Crippen molar-refractivity contribution in [2.24, 2.45) is 36.0 Å². The Labute approximate surface area is 190 Å². The molecule has 33 heavy (non-hydrogen) atoms. The minimum Gasteiger partial charge on any atom is -0.369 e. The van der Waals surface area contributed by atoms with E-state index in [1.807, 2.05) is 0 Å². The fraction of sp³-hybridized carbons (Fsp3) is 0.520. The van der Waals surface area contributed by atoms with Gasteiger partial charge >= 0.3 is 5.92 Å². The van der Waals surface area contributed by atoms with Gasteiger partial charge in [-0.1, -0.05) is 24.3 Å². The molecule has 3 N–H and O–H groups in total. The van der Waals surface area contributed by atoms with Gasteiger partial charge in [-0.15, -0.1) is 0 Å². The van der Waals surface area contributed by atoms with Gasteiger partial charge in [0.2, 0.25) is 5.91 Å². The van der Waals surface area contributed by atoms with Crippen molar-refractivity contribution in [3.05, 3.63) is 47.7 Å². The number of amides is 2. The minimum atomic E-state index is -3.51. The van der Waals surface area contributed by atoms with E-state index in [9.17, 15) is 22.8 Å². The molecule has 2 aromatic rings. The third-order valence-electron chi connectivity index (χ3n) is 8.22. The standard InChI is InChI=1S/C25H28F3N3O2/c1-31-19(15-2-4-18(5-3-15)25(27,28)13-26)6-7-20(31)22(32)30-21-16-8-14-9-17(21)12-24(10-14,11-16)23(29)33/h2-7,14,16-17,21H,8-13H2,1H3,(H2,29,33)(H,30,32). The second-order valence-corrected chi connectivity index (χ2v) is 10.2. The molecule has 8 heteroatoms. The van der Waals surface area contributed by atoms with E-state index in [-0.39, 0.29) is 35.3 Å². The molecule has 0 spiro atoms. The summed E-state index contributed by atoms with van der Waals surface area (Å²) in [4.78, 5) is 25.3. The number of carbonyl (C=O) groups excluding carboxylic acids is 2. The number of hydrogen-bond donors (Lipinski definition) is 2. The van der Waals surface area contributed by atoms with Crippen LogP contribution in [0.2, 0.25) is 0 Å². The molecule has 4 saturated carbocycles. The summed E-state index contributed by atoms with van der Waals surface area (Å²) >= 11 is 0. The number of nitrogens with one attached hydrogen (secondary N) is 1. The van der Waals surface area contributed by atoms with Gasteiger partial charge in [-0.3, -0.25) is 9.59 Å². The second kappa shape index (κ2) is 7.64. The third-order valence-corrected chi connectivity index (χ3v) is 8.22. The van der Waals surface area contributed by atoms with Crippen LogP contribution < -0.4 is 11.1 Å². The van der Waals surface area contributed by atoms with Crippen LogP contribution in [-0.4, -0.2) is 29.1 Å². The predicted octanol–water partition coefficient (Wildman–Crippen LogP) is 4.16. The molecule has 1 aromatic carbocycles. The fourth-order valence-electron chi connectivity index (χ4n) is 6.78. The molecule has 2 amide bonds. The van der Waals surface area contributed by atoms with Gasteiger partial charge in [0.1, 0.15) is 5.69 Å². The van der Waals surface area contributed by atoms with Gasteiger partial charge in [0.25, 0.3) is 5.91 Å². The maximum atomic E-state index is 13.6. The molecule has 2 atom stereocenters. The largest absolute Gasteiger partial charge is 0.369 e. The van der Waals surface area contributed by atoms with Gasteiger partial charge < -0.3 is 15.6 Å². The zero-order valence-electron chi connectivity index (χ0n) is 18.5. The SMILES string of the molecule is Cn1c(C(=O)NC2C3CC4CC2CC(C(N)=O)(C4)C3)ccc1-c1ccc(C(F)(F)CF)cc1. The lowest BCUT2D eigenvalue weighted by atomic mass is 9.47. The minimum absolute atomic E-state index is 0.0297. The maximum absolute atomic E-state index is 13.6. The maximum Gasteiger partial charge on any atom is 0.301 e. The van der Waals surface area contributed by atoms with Crippen LogP contribution >= 0.6 is 0 Å². The molecule has 4 fully saturated rings. The number of nitrogens with zero attached hydrogens (tertiary/aromatic N) is 1. The van der Waals surface area contributed by atoms with E-state index in [4.69, 9.17) is 5.73 Å². The molecular weight excluding hydrogens is 431 g/mol. The van der Waals surface area contributed by atoms with Crippen molar-refractivity contribution in [3.63, 3.8) is 0 Å². The smallest absolute Gasteiger partial charge is 0.301 e. The summed E-state index contributed by atoms with van der Waals surface area (Å²) in [5.41, 5.74) is 6.81. The highest BCUT2D eigenvalue weighted by Crippen LogP contribution is 2.59. The van der Waals surface area contributed by atoms with Crippen molar-refractivity contribution >= 4 is 11.8 Å². The van der Waals surface area contributed by atoms with Crippen molar-refractivity contribution in [1.82, 2.24) is 9.88 Å². The summed E-state index contributed by atoms with van der Waals surface area (Å²) in [7, 11) is 1.76. The van der Waals surface area contributed by atoms with E-state index >= 15 is 0 Å². The first-order chi connectivity index (χ1) is 15.6. The van der Waals surface area contributed by atoms with Crippen LogP contribution in [0, 0.1) is 23.2 Å². The summed E-state index contributed by atoms with van der Waals surface area (Å²) in [6.45, 7) is -1.74. The van der Waals surface area contributed by atoms with Gasteiger partial charge in [0.05, 0.1) is 0 Å². The van der Waals surface area contributed by atoms with Gasteiger partial charge in [0, 0.05) is 29.8 Å². The van der Waals surface area contributed by atoms with Crippen LogP contribution in [0.25, 0.3) is 11.3 Å². The number of carbonyl (C=O) groups is 2. The van der Waals surface area contributed by atoms with E-state index in [0.29, 0.717) is 22.9 Å². The van der Waals surface area contributed by atoms with Gasteiger partial charge in [-0.2, -0.15) is 8.78 Å². The first-order valence-electron chi connectivity index (χ1n) is 11.4. The second-order valence-electron chi connectivity index (χ2n) is 10.2.